The molecule has 0 bridgehead atoms. The van der Waals surface area contributed by atoms with Crippen molar-refractivity contribution in [2.24, 2.45) is 5.16 Å². The number of hydrogen-bond acceptors (Lipinski definition) is 3. The average molecular weight is 308 g/mol. The minimum absolute atomic E-state index is 0.138. The zero-order chi connectivity index (χ0) is 15.2. The molecular weight excluding hydrogens is 293 g/mol. The predicted molar refractivity (Wildman–Crippen MR) is 80.8 cm³/mol. The molecule has 0 aromatic heterocycles. The highest BCUT2D eigenvalue weighted by atomic mass is 35.5. The van der Waals surface area contributed by atoms with Gasteiger partial charge in [0.15, 0.2) is 0 Å². The molecule has 0 atom stereocenters. The van der Waals surface area contributed by atoms with Gasteiger partial charge in [0.05, 0.1) is 5.71 Å². The number of hydrogen-bond donors (Lipinski definition) is 1. The Bertz CT molecular complexity index is 641. The lowest BCUT2D eigenvalue weighted by Gasteiger charge is -2.08. The van der Waals surface area contributed by atoms with Crippen molar-refractivity contribution in [1.29, 1.82) is 0 Å². The van der Waals surface area contributed by atoms with E-state index in [9.17, 15) is 4.39 Å². The summed E-state index contributed by atoms with van der Waals surface area (Å²) in [4.78, 5) is 0. The van der Waals surface area contributed by atoms with Crippen LogP contribution < -0.4 is 4.74 Å². The number of rotatable bonds is 5. The Morgan fingerprint density at radius 2 is 1.95 bits per heavy atom. The molecule has 0 saturated heterocycles. The molecule has 2 rings (SSSR count). The first-order valence-corrected chi connectivity index (χ1v) is 6.79. The van der Waals surface area contributed by atoms with E-state index >= 15 is 0 Å². The van der Waals surface area contributed by atoms with Gasteiger partial charge in [0, 0.05) is 17.0 Å². The first kappa shape index (κ1) is 15.3. The second-order valence-corrected chi connectivity index (χ2v) is 5.12. The first-order valence-electron chi connectivity index (χ1n) is 6.41. The van der Waals surface area contributed by atoms with Gasteiger partial charge in [-0.15, -0.1) is 0 Å². The van der Waals surface area contributed by atoms with Crippen molar-refractivity contribution in [2.75, 3.05) is 0 Å². The summed E-state index contributed by atoms with van der Waals surface area (Å²) in [6, 6.07) is 11.9. The molecule has 5 heteroatoms. The van der Waals surface area contributed by atoms with Crippen LogP contribution in [0.2, 0.25) is 5.02 Å². The maximum atomic E-state index is 13.6. The third-order valence-corrected chi connectivity index (χ3v) is 3.20. The molecule has 3 nitrogen and oxygen atoms in total. The molecule has 0 radical (unpaired) electrons. The average Bonchev–Trinajstić information content (AvgIpc) is 2.48. The number of oxime groups is 1. The summed E-state index contributed by atoms with van der Waals surface area (Å²) in [5.74, 6) is 0.264. The number of ether oxygens (including phenoxy) is 1. The summed E-state index contributed by atoms with van der Waals surface area (Å²) < 4.78 is 19.1. The number of halogens is 2. The zero-order valence-corrected chi connectivity index (χ0v) is 12.3. The van der Waals surface area contributed by atoms with Gasteiger partial charge < -0.3 is 9.94 Å². The molecule has 110 valence electrons. The van der Waals surface area contributed by atoms with Crippen molar-refractivity contribution in [3.63, 3.8) is 0 Å². The van der Waals surface area contributed by atoms with E-state index in [4.69, 9.17) is 21.5 Å². The third-order valence-electron chi connectivity index (χ3n) is 2.96. The van der Waals surface area contributed by atoms with Crippen LogP contribution >= 0.6 is 11.6 Å². The molecule has 0 aliphatic rings. The molecule has 21 heavy (non-hydrogen) atoms. The molecule has 0 saturated carbocycles. The molecular formula is C16H15ClFNO2. The van der Waals surface area contributed by atoms with E-state index in [1.54, 1.807) is 31.2 Å². The standard InChI is InChI=1S/C16H15ClFNO2/c1-11(19-20)8-12-2-6-15(7-3-12)21-10-13-4-5-14(17)9-16(13)18/h2-7,9,20H,8,10H2,1H3/b19-11-. The van der Waals surface area contributed by atoms with E-state index in [0.717, 1.165) is 5.56 Å². The predicted octanol–water partition coefficient (Wildman–Crippen LogP) is 4.45. The number of benzene rings is 2. The molecule has 0 amide bonds. The van der Waals surface area contributed by atoms with E-state index in [0.29, 0.717) is 28.5 Å². The van der Waals surface area contributed by atoms with Gasteiger partial charge in [-0.1, -0.05) is 35.0 Å². The van der Waals surface area contributed by atoms with Gasteiger partial charge in [0.1, 0.15) is 18.2 Å². The van der Waals surface area contributed by atoms with E-state index in [1.807, 2.05) is 12.1 Å². The SMILES string of the molecule is C/C(Cc1ccc(OCc2ccc(Cl)cc2F)cc1)=N/O. The Morgan fingerprint density at radius 3 is 2.57 bits per heavy atom. The van der Waals surface area contributed by atoms with Crippen LogP contribution in [0, 0.1) is 5.82 Å². The minimum atomic E-state index is -0.381. The van der Waals surface area contributed by atoms with Crippen molar-refractivity contribution in [1.82, 2.24) is 0 Å². The quantitative estimate of drug-likeness (QED) is 0.504. The fourth-order valence-electron chi connectivity index (χ4n) is 1.83. The van der Waals surface area contributed by atoms with Crippen LogP contribution in [0.15, 0.2) is 47.6 Å². The lowest BCUT2D eigenvalue weighted by molar-refractivity contribution is 0.300. The van der Waals surface area contributed by atoms with Crippen molar-refractivity contribution in [3.8, 4) is 5.75 Å². The Morgan fingerprint density at radius 1 is 1.24 bits per heavy atom. The van der Waals surface area contributed by atoms with Crippen LogP contribution in [-0.2, 0) is 13.0 Å². The summed E-state index contributed by atoms with van der Waals surface area (Å²) >= 11 is 5.70. The van der Waals surface area contributed by atoms with Crippen molar-refractivity contribution in [2.45, 2.75) is 20.0 Å². The minimum Gasteiger partial charge on any atom is -0.489 e. The Balaban J connectivity index is 1.97. The van der Waals surface area contributed by atoms with Gasteiger partial charge in [-0.2, -0.15) is 0 Å². The molecule has 2 aromatic rings. The van der Waals surface area contributed by atoms with Crippen LogP contribution in [0.4, 0.5) is 4.39 Å². The first-order chi connectivity index (χ1) is 10.1. The van der Waals surface area contributed by atoms with Crippen molar-refractivity contribution >= 4 is 17.3 Å². The summed E-state index contributed by atoms with van der Waals surface area (Å²) in [5, 5.41) is 12.1. The monoisotopic (exact) mass is 307 g/mol. The number of nitrogens with zero attached hydrogens (tertiary/aromatic N) is 1. The Hall–Kier alpha value is -2.07. The van der Waals surface area contributed by atoms with Crippen molar-refractivity contribution < 1.29 is 14.3 Å². The summed E-state index contributed by atoms with van der Waals surface area (Å²) in [6.07, 6.45) is 0.572. The summed E-state index contributed by atoms with van der Waals surface area (Å²) in [5.41, 5.74) is 2.09. The van der Waals surface area contributed by atoms with Crippen LogP contribution in [0.1, 0.15) is 18.1 Å². The normalized spacial score (nSPS) is 11.5. The van der Waals surface area contributed by atoms with Crippen molar-refractivity contribution in [3.05, 3.63) is 64.4 Å². The second-order valence-electron chi connectivity index (χ2n) is 4.68. The van der Waals surface area contributed by atoms with Gasteiger partial charge in [-0.25, -0.2) is 4.39 Å². The van der Waals surface area contributed by atoms with Crippen LogP contribution in [0.5, 0.6) is 5.75 Å². The maximum Gasteiger partial charge on any atom is 0.131 e. The summed E-state index contributed by atoms with van der Waals surface area (Å²) in [7, 11) is 0. The molecule has 2 aromatic carbocycles. The summed E-state index contributed by atoms with van der Waals surface area (Å²) in [6.45, 7) is 1.88. The largest absolute Gasteiger partial charge is 0.489 e. The zero-order valence-electron chi connectivity index (χ0n) is 11.5. The lowest BCUT2D eigenvalue weighted by atomic mass is 10.1. The molecule has 0 fully saturated rings. The molecule has 0 spiro atoms. The Kier molecular flexibility index (Phi) is 5.17. The second kappa shape index (κ2) is 7.09. The highest BCUT2D eigenvalue weighted by Gasteiger charge is 2.04. The third kappa shape index (κ3) is 4.46. The highest BCUT2D eigenvalue weighted by Crippen LogP contribution is 2.18. The van der Waals surface area contributed by atoms with E-state index in [2.05, 4.69) is 5.16 Å². The topological polar surface area (TPSA) is 41.8 Å². The Labute approximate surface area is 127 Å². The van der Waals surface area contributed by atoms with E-state index in [1.165, 1.54) is 6.07 Å². The van der Waals surface area contributed by atoms with E-state index in [-0.39, 0.29) is 12.4 Å². The van der Waals surface area contributed by atoms with Crippen LogP contribution in [0.3, 0.4) is 0 Å². The lowest BCUT2D eigenvalue weighted by Crippen LogP contribution is -2.00. The molecule has 0 aliphatic heterocycles. The fourth-order valence-corrected chi connectivity index (χ4v) is 1.99. The van der Waals surface area contributed by atoms with E-state index < -0.39 is 0 Å². The van der Waals surface area contributed by atoms with Crippen LogP contribution in [-0.4, -0.2) is 10.9 Å². The fraction of sp³-hybridized carbons (Fsp3) is 0.188. The smallest absolute Gasteiger partial charge is 0.131 e. The van der Waals surface area contributed by atoms with Crippen LogP contribution in [0.25, 0.3) is 0 Å². The molecule has 0 unspecified atom stereocenters. The van der Waals surface area contributed by atoms with Gasteiger partial charge in [0.2, 0.25) is 0 Å². The molecule has 0 aliphatic carbocycles. The van der Waals surface area contributed by atoms with Gasteiger partial charge in [-0.05, 0) is 36.8 Å². The van der Waals surface area contributed by atoms with Gasteiger partial charge in [-0.3, -0.25) is 0 Å². The molecule has 0 heterocycles. The highest BCUT2D eigenvalue weighted by molar-refractivity contribution is 6.30. The van der Waals surface area contributed by atoms with Gasteiger partial charge in [0.25, 0.3) is 0 Å². The van der Waals surface area contributed by atoms with Gasteiger partial charge >= 0.3 is 0 Å². The molecule has 1 N–H and O–H groups in total. The maximum absolute atomic E-state index is 13.6.